The maximum absolute atomic E-state index is 11.7. The van der Waals surface area contributed by atoms with Crippen molar-refractivity contribution in [3.05, 3.63) is 78.1 Å². The number of para-hydroxylation sites is 1. The molecule has 2 aromatic carbocycles. The number of ether oxygens (including phenoxy) is 1. The molecule has 0 aliphatic carbocycles. The van der Waals surface area contributed by atoms with Crippen molar-refractivity contribution in [1.82, 2.24) is 0 Å². The second-order valence-corrected chi connectivity index (χ2v) is 4.60. The SMILES string of the molecule is O=C(/C=C/c1ccccc1)OCc1cc2ccccc2o1. The van der Waals surface area contributed by atoms with Crippen LogP contribution >= 0.6 is 0 Å². The van der Waals surface area contributed by atoms with Crippen LogP contribution in [0.2, 0.25) is 0 Å². The lowest BCUT2D eigenvalue weighted by molar-refractivity contribution is -0.139. The number of fused-ring (bicyclic) bond motifs is 1. The van der Waals surface area contributed by atoms with Gasteiger partial charge in [0.15, 0.2) is 0 Å². The van der Waals surface area contributed by atoms with Crippen molar-refractivity contribution in [2.75, 3.05) is 0 Å². The molecule has 104 valence electrons. The number of esters is 1. The summed E-state index contributed by atoms with van der Waals surface area (Å²) in [5.41, 5.74) is 1.75. The normalized spacial score (nSPS) is 11.0. The summed E-state index contributed by atoms with van der Waals surface area (Å²) in [6.07, 6.45) is 3.14. The summed E-state index contributed by atoms with van der Waals surface area (Å²) in [5.74, 6) is 0.247. The van der Waals surface area contributed by atoms with Gasteiger partial charge in [0, 0.05) is 11.5 Å². The molecule has 0 fully saturated rings. The van der Waals surface area contributed by atoms with Crippen molar-refractivity contribution in [2.45, 2.75) is 6.61 Å². The zero-order chi connectivity index (χ0) is 14.5. The van der Waals surface area contributed by atoms with Gasteiger partial charge in [-0.25, -0.2) is 4.79 Å². The lowest BCUT2D eigenvalue weighted by Gasteiger charge is -1.98. The Hall–Kier alpha value is -2.81. The van der Waals surface area contributed by atoms with Crippen molar-refractivity contribution in [1.29, 1.82) is 0 Å². The fourth-order valence-corrected chi connectivity index (χ4v) is 2.03. The lowest BCUT2D eigenvalue weighted by atomic mass is 10.2. The number of furan rings is 1. The number of benzene rings is 2. The van der Waals surface area contributed by atoms with Crippen LogP contribution in [0.15, 0.2) is 71.2 Å². The predicted molar refractivity (Wildman–Crippen MR) is 81.5 cm³/mol. The van der Waals surface area contributed by atoms with E-state index in [1.165, 1.54) is 6.08 Å². The van der Waals surface area contributed by atoms with Crippen LogP contribution in [-0.4, -0.2) is 5.97 Å². The maximum atomic E-state index is 11.7. The van der Waals surface area contributed by atoms with E-state index in [1.54, 1.807) is 6.08 Å². The molecule has 3 nitrogen and oxygen atoms in total. The van der Waals surface area contributed by atoms with E-state index in [1.807, 2.05) is 60.7 Å². The van der Waals surface area contributed by atoms with Crippen LogP contribution in [0.25, 0.3) is 17.0 Å². The van der Waals surface area contributed by atoms with Crippen LogP contribution in [0, 0.1) is 0 Å². The number of rotatable bonds is 4. The van der Waals surface area contributed by atoms with Gasteiger partial charge in [0.2, 0.25) is 0 Å². The summed E-state index contributed by atoms with van der Waals surface area (Å²) in [7, 11) is 0. The van der Waals surface area contributed by atoms with Crippen molar-refractivity contribution in [3.8, 4) is 0 Å². The number of carbonyl (C=O) groups excluding carboxylic acids is 1. The molecule has 0 aliphatic rings. The standard InChI is InChI=1S/C18H14O3/c19-18(11-10-14-6-2-1-3-7-14)20-13-16-12-15-8-4-5-9-17(15)21-16/h1-12H,13H2/b11-10+. The first kappa shape index (κ1) is 13.2. The predicted octanol–water partition coefficient (Wildman–Crippen LogP) is 4.19. The minimum absolute atomic E-state index is 0.132. The first-order chi connectivity index (χ1) is 10.3. The smallest absolute Gasteiger partial charge is 0.331 e. The third-order valence-electron chi connectivity index (χ3n) is 3.04. The Bertz CT molecular complexity index is 736. The molecule has 0 unspecified atom stereocenters. The van der Waals surface area contributed by atoms with Gasteiger partial charge >= 0.3 is 5.97 Å². The third-order valence-corrected chi connectivity index (χ3v) is 3.04. The van der Waals surface area contributed by atoms with E-state index in [-0.39, 0.29) is 12.6 Å². The van der Waals surface area contributed by atoms with Gasteiger partial charge in [-0.2, -0.15) is 0 Å². The summed E-state index contributed by atoms with van der Waals surface area (Å²) in [4.78, 5) is 11.7. The Labute approximate surface area is 122 Å². The van der Waals surface area contributed by atoms with Crippen molar-refractivity contribution < 1.29 is 13.9 Å². The maximum Gasteiger partial charge on any atom is 0.331 e. The Morgan fingerprint density at radius 3 is 2.62 bits per heavy atom. The van der Waals surface area contributed by atoms with E-state index in [4.69, 9.17) is 9.15 Å². The Balaban J connectivity index is 1.59. The van der Waals surface area contributed by atoms with Crippen molar-refractivity contribution in [2.24, 2.45) is 0 Å². The van der Waals surface area contributed by atoms with E-state index in [9.17, 15) is 4.79 Å². The number of carbonyl (C=O) groups is 1. The van der Waals surface area contributed by atoms with Crippen LogP contribution in [0.3, 0.4) is 0 Å². The lowest BCUT2D eigenvalue weighted by Crippen LogP contribution is -1.99. The molecule has 3 heteroatoms. The van der Waals surface area contributed by atoms with Gasteiger partial charge in [-0.05, 0) is 23.8 Å². The van der Waals surface area contributed by atoms with Gasteiger partial charge in [0.25, 0.3) is 0 Å². The zero-order valence-corrected chi connectivity index (χ0v) is 11.4. The van der Waals surface area contributed by atoms with Crippen LogP contribution < -0.4 is 0 Å². The number of hydrogen-bond donors (Lipinski definition) is 0. The zero-order valence-electron chi connectivity index (χ0n) is 11.4. The van der Waals surface area contributed by atoms with E-state index in [2.05, 4.69) is 0 Å². The Kier molecular flexibility index (Phi) is 3.83. The Morgan fingerprint density at radius 2 is 1.81 bits per heavy atom. The Morgan fingerprint density at radius 1 is 1.05 bits per heavy atom. The van der Waals surface area contributed by atoms with Crippen LogP contribution in [-0.2, 0) is 16.1 Å². The van der Waals surface area contributed by atoms with Gasteiger partial charge in [-0.1, -0.05) is 48.5 Å². The van der Waals surface area contributed by atoms with Gasteiger partial charge in [0.05, 0.1) is 0 Å². The molecule has 0 aliphatic heterocycles. The quantitative estimate of drug-likeness (QED) is 0.530. The molecule has 1 aromatic heterocycles. The molecule has 21 heavy (non-hydrogen) atoms. The molecule has 0 amide bonds. The van der Waals surface area contributed by atoms with Crippen LogP contribution in [0.5, 0.6) is 0 Å². The van der Waals surface area contributed by atoms with Gasteiger partial charge in [-0.15, -0.1) is 0 Å². The van der Waals surface area contributed by atoms with Crippen LogP contribution in [0.1, 0.15) is 11.3 Å². The molecule has 3 rings (SSSR count). The molecule has 3 aromatic rings. The summed E-state index contributed by atoms with van der Waals surface area (Å²) < 4.78 is 10.7. The topological polar surface area (TPSA) is 39.4 Å². The second-order valence-electron chi connectivity index (χ2n) is 4.60. The molecule has 0 saturated carbocycles. The van der Waals surface area contributed by atoms with Crippen molar-refractivity contribution >= 4 is 23.0 Å². The molecule has 0 spiro atoms. The minimum Gasteiger partial charge on any atom is -0.457 e. The summed E-state index contributed by atoms with van der Waals surface area (Å²) in [6.45, 7) is 0.132. The van der Waals surface area contributed by atoms with E-state index in [0.717, 1.165) is 16.5 Å². The molecule has 0 atom stereocenters. The highest BCUT2D eigenvalue weighted by Crippen LogP contribution is 2.19. The monoisotopic (exact) mass is 278 g/mol. The average Bonchev–Trinajstić information content (AvgIpc) is 2.95. The molecular weight excluding hydrogens is 264 g/mol. The fraction of sp³-hybridized carbons (Fsp3) is 0.0556. The largest absolute Gasteiger partial charge is 0.457 e. The van der Waals surface area contributed by atoms with Gasteiger partial charge in [0.1, 0.15) is 18.0 Å². The molecule has 0 radical (unpaired) electrons. The van der Waals surface area contributed by atoms with Gasteiger partial charge in [-0.3, -0.25) is 0 Å². The van der Waals surface area contributed by atoms with Crippen molar-refractivity contribution in [3.63, 3.8) is 0 Å². The fourth-order valence-electron chi connectivity index (χ4n) is 2.03. The van der Waals surface area contributed by atoms with Gasteiger partial charge < -0.3 is 9.15 Å². The van der Waals surface area contributed by atoms with E-state index in [0.29, 0.717) is 5.76 Å². The molecular formula is C18H14O3. The summed E-state index contributed by atoms with van der Waals surface area (Å²) in [6, 6.07) is 19.2. The second kappa shape index (κ2) is 6.09. The highest BCUT2D eigenvalue weighted by Gasteiger charge is 2.05. The van der Waals surface area contributed by atoms with E-state index >= 15 is 0 Å². The molecule has 0 bridgehead atoms. The first-order valence-corrected chi connectivity index (χ1v) is 6.68. The van der Waals surface area contributed by atoms with Crippen LogP contribution in [0.4, 0.5) is 0 Å². The molecule has 1 heterocycles. The van der Waals surface area contributed by atoms with E-state index < -0.39 is 0 Å². The highest BCUT2D eigenvalue weighted by atomic mass is 16.5. The molecule has 0 N–H and O–H groups in total. The molecule has 0 saturated heterocycles. The summed E-state index contributed by atoms with van der Waals surface area (Å²) in [5, 5.41) is 1.00. The highest BCUT2D eigenvalue weighted by molar-refractivity contribution is 5.87. The average molecular weight is 278 g/mol. The number of hydrogen-bond acceptors (Lipinski definition) is 3. The first-order valence-electron chi connectivity index (χ1n) is 6.68. The minimum atomic E-state index is -0.390. The summed E-state index contributed by atoms with van der Waals surface area (Å²) >= 11 is 0. The third kappa shape index (κ3) is 3.39.